The number of hydrogen-bond donors (Lipinski definition) is 1. The first kappa shape index (κ1) is 19.2. The van der Waals surface area contributed by atoms with Gasteiger partial charge in [0.05, 0.1) is 19.8 Å². The number of nitrogens with zero attached hydrogens (tertiary/aromatic N) is 3. The normalized spacial score (nSPS) is 14.0. The standard InChI is InChI=1S/C18H21F3N4O2/c1-24(2)13-5-3-12(4-6-13)17(26)22-8-9-25-15-7-10-27-11-14(15)16(23-25)18(19,20)21/h3-6H,7-11H2,1-2H3,(H,22,26). The van der Waals surface area contributed by atoms with Crippen molar-refractivity contribution in [3.63, 3.8) is 0 Å². The van der Waals surface area contributed by atoms with E-state index >= 15 is 0 Å². The highest BCUT2D eigenvalue weighted by atomic mass is 19.4. The molecule has 146 valence electrons. The second kappa shape index (κ2) is 7.59. The molecule has 6 nitrogen and oxygen atoms in total. The van der Waals surface area contributed by atoms with Gasteiger partial charge in [-0.1, -0.05) is 0 Å². The Hall–Kier alpha value is -2.55. The number of rotatable bonds is 5. The van der Waals surface area contributed by atoms with E-state index in [1.807, 2.05) is 31.1 Å². The van der Waals surface area contributed by atoms with Crippen molar-refractivity contribution in [3.8, 4) is 0 Å². The minimum Gasteiger partial charge on any atom is -0.378 e. The van der Waals surface area contributed by atoms with Crippen LogP contribution in [-0.4, -0.2) is 42.9 Å². The van der Waals surface area contributed by atoms with E-state index in [-0.39, 0.29) is 31.2 Å². The van der Waals surface area contributed by atoms with Crippen LogP contribution in [0.25, 0.3) is 0 Å². The Balaban J connectivity index is 1.65. The summed E-state index contributed by atoms with van der Waals surface area (Å²) in [7, 11) is 3.81. The van der Waals surface area contributed by atoms with Crippen LogP contribution >= 0.6 is 0 Å². The van der Waals surface area contributed by atoms with E-state index in [0.29, 0.717) is 24.3 Å². The molecule has 0 atom stereocenters. The maximum atomic E-state index is 13.1. The second-order valence-electron chi connectivity index (χ2n) is 6.49. The molecular weight excluding hydrogens is 361 g/mol. The van der Waals surface area contributed by atoms with Crippen LogP contribution in [0.1, 0.15) is 27.3 Å². The SMILES string of the molecule is CN(C)c1ccc(C(=O)NCCn2nc(C(F)(F)F)c3c2CCOC3)cc1. The Kier molecular flexibility index (Phi) is 5.41. The quantitative estimate of drug-likeness (QED) is 0.863. The summed E-state index contributed by atoms with van der Waals surface area (Å²) in [6, 6.07) is 7.07. The molecule has 0 unspecified atom stereocenters. The fraction of sp³-hybridized carbons (Fsp3) is 0.444. The summed E-state index contributed by atoms with van der Waals surface area (Å²) in [5, 5.41) is 6.44. The average Bonchev–Trinajstić information content (AvgIpc) is 3.01. The lowest BCUT2D eigenvalue weighted by molar-refractivity contribution is -0.142. The molecule has 2 heterocycles. The van der Waals surface area contributed by atoms with Crippen molar-refractivity contribution in [1.29, 1.82) is 0 Å². The van der Waals surface area contributed by atoms with E-state index < -0.39 is 11.9 Å². The number of amides is 1. The maximum absolute atomic E-state index is 13.1. The predicted octanol–water partition coefficient (Wildman–Crippen LogP) is 2.47. The summed E-state index contributed by atoms with van der Waals surface area (Å²) in [5.41, 5.74) is 1.18. The largest absolute Gasteiger partial charge is 0.435 e. The fourth-order valence-corrected chi connectivity index (χ4v) is 3.01. The number of fused-ring (bicyclic) bond motifs is 1. The number of halogens is 3. The Morgan fingerprint density at radius 2 is 2.00 bits per heavy atom. The Morgan fingerprint density at radius 1 is 1.30 bits per heavy atom. The number of alkyl halides is 3. The highest BCUT2D eigenvalue weighted by Crippen LogP contribution is 2.34. The molecule has 2 aromatic rings. The molecule has 9 heteroatoms. The van der Waals surface area contributed by atoms with Gasteiger partial charge >= 0.3 is 6.18 Å². The number of aromatic nitrogens is 2. The molecular formula is C18H21F3N4O2. The molecule has 0 saturated heterocycles. The first-order chi connectivity index (χ1) is 12.8. The number of nitrogens with one attached hydrogen (secondary N) is 1. The van der Waals surface area contributed by atoms with Crippen LogP contribution in [0, 0.1) is 0 Å². The summed E-state index contributed by atoms with van der Waals surface area (Å²) in [4.78, 5) is 14.1. The van der Waals surface area contributed by atoms with Crippen LogP contribution in [0.4, 0.5) is 18.9 Å². The molecule has 0 fully saturated rings. The van der Waals surface area contributed by atoms with Gasteiger partial charge in [0.2, 0.25) is 0 Å². The molecule has 0 spiro atoms. The third-order valence-corrected chi connectivity index (χ3v) is 4.42. The molecule has 1 N–H and O–H groups in total. The van der Waals surface area contributed by atoms with Gasteiger partial charge in [-0.25, -0.2) is 0 Å². The lowest BCUT2D eigenvalue weighted by Gasteiger charge is -2.15. The molecule has 1 amide bonds. The van der Waals surface area contributed by atoms with Crippen LogP contribution in [0.5, 0.6) is 0 Å². The highest BCUT2D eigenvalue weighted by Gasteiger charge is 2.39. The van der Waals surface area contributed by atoms with Gasteiger partial charge in [0.1, 0.15) is 0 Å². The molecule has 3 rings (SSSR count). The number of carbonyl (C=O) groups excluding carboxylic acids is 1. The monoisotopic (exact) mass is 382 g/mol. The Labute approximate surface area is 154 Å². The van der Waals surface area contributed by atoms with Crippen LogP contribution in [0.3, 0.4) is 0 Å². The van der Waals surface area contributed by atoms with E-state index in [1.54, 1.807) is 12.1 Å². The number of benzene rings is 1. The molecule has 0 radical (unpaired) electrons. The number of hydrogen-bond acceptors (Lipinski definition) is 4. The molecule has 1 aliphatic rings. The lowest BCUT2D eigenvalue weighted by Crippen LogP contribution is -2.28. The molecule has 1 aromatic heterocycles. The van der Waals surface area contributed by atoms with E-state index in [2.05, 4.69) is 10.4 Å². The molecule has 0 aliphatic carbocycles. The van der Waals surface area contributed by atoms with Gasteiger partial charge < -0.3 is 15.0 Å². The van der Waals surface area contributed by atoms with Crippen molar-refractivity contribution < 1.29 is 22.7 Å². The molecule has 0 saturated carbocycles. The topological polar surface area (TPSA) is 59.4 Å². The summed E-state index contributed by atoms with van der Waals surface area (Å²) < 4.78 is 45.9. The van der Waals surface area contributed by atoms with Crippen LogP contribution < -0.4 is 10.2 Å². The fourth-order valence-electron chi connectivity index (χ4n) is 3.01. The zero-order valence-electron chi connectivity index (χ0n) is 15.1. The van der Waals surface area contributed by atoms with Gasteiger partial charge in [-0.15, -0.1) is 0 Å². The van der Waals surface area contributed by atoms with Gasteiger partial charge in [-0.05, 0) is 24.3 Å². The summed E-state index contributed by atoms with van der Waals surface area (Å²) >= 11 is 0. The summed E-state index contributed by atoms with van der Waals surface area (Å²) in [6.07, 6.45) is -4.15. The second-order valence-corrected chi connectivity index (χ2v) is 6.49. The van der Waals surface area contributed by atoms with E-state index in [0.717, 1.165) is 5.69 Å². The van der Waals surface area contributed by atoms with E-state index in [1.165, 1.54) is 4.68 Å². The number of anilines is 1. The predicted molar refractivity (Wildman–Crippen MR) is 93.7 cm³/mol. The van der Waals surface area contributed by atoms with E-state index in [4.69, 9.17) is 4.74 Å². The highest BCUT2D eigenvalue weighted by molar-refractivity contribution is 5.94. The Morgan fingerprint density at radius 3 is 2.63 bits per heavy atom. The molecule has 1 aromatic carbocycles. The molecule has 27 heavy (non-hydrogen) atoms. The van der Waals surface area contributed by atoms with Crippen molar-refractivity contribution in [1.82, 2.24) is 15.1 Å². The maximum Gasteiger partial charge on any atom is 0.435 e. The third-order valence-electron chi connectivity index (χ3n) is 4.42. The molecule has 1 aliphatic heterocycles. The van der Waals surface area contributed by atoms with Gasteiger partial charge in [0.25, 0.3) is 5.91 Å². The number of carbonyl (C=O) groups is 1. The number of ether oxygens (including phenoxy) is 1. The first-order valence-corrected chi connectivity index (χ1v) is 8.56. The van der Waals surface area contributed by atoms with Crippen molar-refractivity contribution in [3.05, 3.63) is 46.8 Å². The van der Waals surface area contributed by atoms with Crippen molar-refractivity contribution in [2.24, 2.45) is 0 Å². The smallest absolute Gasteiger partial charge is 0.378 e. The summed E-state index contributed by atoms with van der Waals surface area (Å²) in [6.45, 7) is 0.621. The lowest BCUT2D eigenvalue weighted by atomic mass is 10.1. The Bertz CT molecular complexity index is 813. The van der Waals surface area contributed by atoms with Gasteiger partial charge in [-0.3, -0.25) is 9.48 Å². The van der Waals surface area contributed by atoms with Crippen LogP contribution in [0.15, 0.2) is 24.3 Å². The van der Waals surface area contributed by atoms with Gasteiger partial charge in [-0.2, -0.15) is 18.3 Å². The minimum atomic E-state index is -4.52. The zero-order valence-corrected chi connectivity index (χ0v) is 15.1. The van der Waals surface area contributed by atoms with Crippen LogP contribution in [-0.2, 0) is 30.5 Å². The van der Waals surface area contributed by atoms with Gasteiger partial charge in [0.15, 0.2) is 5.69 Å². The van der Waals surface area contributed by atoms with Crippen molar-refractivity contribution >= 4 is 11.6 Å². The average molecular weight is 382 g/mol. The van der Waals surface area contributed by atoms with Crippen LogP contribution in [0.2, 0.25) is 0 Å². The summed E-state index contributed by atoms with van der Waals surface area (Å²) in [5.74, 6) is -0.277. The molecule has 0 bridgehead atoms. The van der Waals surface area contributed by atoms with E-state index in [9.17, 15) is 18.0 Å². The zero-order chi connectivity index (χ0) is 19.6. The third kappa shape index (κ3) is 4.24. The first-order valence-electron chi connectivity index (χ1n) is 8.56. The van der Waals surface area contributed by atoms with Crippen molar-refractivity contribution in [2.75, 3.05) is 32.1 Å². The van der Waals surface area contributed by atoms with Gasteiger partial charge in [0, 0.05) is 49.6 Å². The minimum absolute atomic E-state index is 0.0885. The van der Waals surface area contributed by atoms with Crippen molar-refractivity contribution in [2.45, 2.75) is 25.7 Å².